The molecular weight excluding hydrogens is 594 g/mol. The summed E-state index contributed by atoms with van der Waals surface area (Å²) in [5.74, 6) is -0.336. The van der Waals surface area contributed by atoms with Crippen LogP contribution in [0.15, 0.2) is 34.9 Å². The summed E-state index contributed by atoms with van der Waals surface area (Å²) in [4.78, 5) is 25.9. The van der Waals surface area contributed by atoms with Crippen LogP contribution in [0, 0.1) is 45.0 Å². The zero-order valence-electron chi connectivity index (χ0n) is 18.9. The maximum absolute atomic E-state index is 12.6. The van der Waals surface area contributed by atoms with Crippen molar-refractivity contribution in [3.05, 3.63) is 47.3 Å². The molecule has 0 bridgehead atoms. The van der Waals surface area contributed by atoms with Crippen molar-refractivity contribution >= 4 is 17.6 Å². The van der Waals surface area contributed by atoms with Crippen LogP contribution < -0.4 is 4.90 Å². The van der Waals surface area contributed by atoms with Gasteiger partial charge in [-0.2, -0.15) is 0 Å². The molecule has 1 aromatic carbocycles. The van der Waals surface area contributed by atoms with Crippen LogP contribution in [0.2, 0.25) is 0 Å². The van der Waals surface area contributed by atoms with E-state index in [-0.39, 0.29) is 55.8 Å². The molecule has 0 aliphatic heterocycles. The second-order valence-electron chi connectivity index (χ2n) is 5.73. The number of esters is 1. The first kappa shape index (κ1) is 29.6. The molecule has 0 aliphatic rings. The summed E-state index contributed by atoms with van der Waals surface area (Å²) >= 11 is 0. The van der Waals surface area contributed by atoms with E-state index in [0.717, 1.165) is 16.9 Å². The molecule has 1 atom stereocenters. The number of methoxy groups -OCH3 is 1. The van der Waals surface area contributed by atoms with Crippen molar-refractivity contribution < 1.29 is 50.0 Å². The molecule has 2 rings (SSSR count). The average Bonchev–Trinajstić information content (AvgIpc) is 3.08. The molecule has 7 heteroatoms. The summed E-state index contributed by atoms with van der Waals surface area (Å²) in [6.07, 6.45) is 0.205. The number of hydrogen-bond donors (Lipinski definition) is 0. The van der Waals surface area contributed by atoms with E-state index >= 15 is 0 Å². The van der Waals surface area contributed by atoms with Crippen LogP contribution >= 0.6 is 0 Å². The first-order chi connectivity index (χ1) is 13.4. The summed E-state index contributed by atoms with van der Waals surface area (Å²) in [5, 5.41) is 3.93. The number of anilines is 1. The fourth-order valence-electron chi connectivity index (χ4n) is 2.50. The summed E-state index contributed by atoms with van der Waals surface area (Å²) in [6.45, 7) is 11.7. The second kappa shape index (κ2) is 16.2. The molecule has 1 amide bonds. The summed E-state index contributed by atoms with van der Waals surface area (Å²) in [7, 11) is 3.04. The van der Waals surface area contributed by atoms with Gasteiger partial charge in [-0.25, -0.2) is 0 Å². The molecule has 6 nitrogen and oxygen atoms in total. The van der Waals surface area contributed by atoms with Gasteiger partial charge in [-0.1, -0.05) is 51.1 Å². The van der Waals surface area contributed by atoms with Gasteiger partial charge in [0.15, 0.2) is 0 Å². The van der Waals surface area contributed by atoms with E-state index in [4.69, 9.17) is 9.26 Å². The van der Waals surface area contributed by atoms with Crippen LogP contribution in [-0.2, 0) is 14.3 Å². The van der Waals surface area contributed by atoms with Gasteiger partial charge in [0, 0.05) is 61.8 Å². The number of rotatable bonds is 6. The van der Waals surface area contributed by atoms with Crippen molar-refractivity contribution in [1.82, 2.24) is 5.16 Å². The molecule has 0 saturated carbocycles. The summed E-state index contributed by atoms with van der Waals surface area (Å²) in [6, 6.07) is 9.35. The zero-order chi connectivity index (χ0) is 21.7. The van der Waals surface area contributed by atoms with Gasteiger partial charge in [0.2, 0.25) is 5.91 Å². The van der Waals surface area contributed by atoms with Crippen LogP contribution in [-0.4, -0.2) is 31.2 Å². The van der Waals surface area contributed by atoms with E-state index in [2.05, 4.69) is 5.16 Å². The molecule has 0 aliphatic carbocycles. The number of aromatic nitrogens is 1. The fraction of sp³-hybridized carbons (Fsp3) is 0.500. The normalized spacial score (nSPS) is 10.2. The van der Waals surface area contributed by atoms with Crippen LogP contribution in [0.1, 0.15) is 63.5 Å². The Kier molecular flexibility index (Phi) is 16.6. The van der Waals surface area contributed by atoms with Crippen molar-refractivity contribution in [1.29, 1.82) is 0 Å². The first-order valence-electron chi connectivity index (χ1n) is 9.75. The number of ether oxygens (including phenoxy) is 1. The van der Waals surface area contributed by atoms with Gasteiger partial charge in [0.05, 0.1) is 19.2 Å². The van der Waals surface area contributed by atoms with Crippen LogP contribution in [0.4, 0.5) is 5.69 Å². The van der Waals surface area contributed by atoms with E-state index in [1.165, 1.54) is 7.11 Å². The molecule has 0 N–H and O–H groups in total. The monoisotopic (exact) mass is 628 g/mol. The molecule has 0 spiro atoms. The van der Waals surface area contributed by atoms with Crippen molar-refractivity contribution in [2.75, 3.05) is 19.1 Å². The molecule has 0 saturated heterocycles. The predicted molar refractivity (Wildman–Crippen MR) is 113 cm³/mol. The SMILES string of the molecule is CC.CC.COC(=O)CC(CC(=O)N(C)c1ccccc1)c1onc(C)c1C.[U]. The molecule has 29 heavy (non-hydrogen) atoms. The van der Waals surface area contributed by atoms with E-state index in [1.54, 1.807) is 11.9 Å². The molecule has 0 radical (unpaired) electrons. The molecule has 1 unspecified atom stereocenters. The standard InChI is InChI=1S/C18H22N2O4.2C2H6.U/c1-12-13(2)19-24-18(12)14(11-17(22)23-4)10-16(21)20(3)15-8-6-5-7-9-15;2*1-2;/h5-9,14H,10-11H2,1-4H3;2*1-2H3;. The number of carbonyl (C=O) groups excluding carboxylic acids is 2. The first-order valence-corrected chi connectivity index (χ1v) is 9.75. The van der Waals surface area contributed by atoms with Gasteiger partial charge in [0.25, 0.3) is 0 Å². The molecule has 160 valence electrons. The third-order valence-corrected chi connectivity index (χ3v) is 4.14. The molecule has 2 aromatic rings. The van der Waals surface area contributed by atoms with E-state index in [1.807, 2.05) is 71.9 Å². The quantitative estimate of drug-likeness (QED) is 0.420. The fourth-order valence-corrected chi connectivity index (χ4v) is 2.50. The number of para-hydroxylation sites is 1. The number of carbonyl (C=O) groups is 2. The Morgan fingerprint density at radius 3 is 2.07 bits per heavy atom. The number of benzene rings is 1. The van der Waals surface area contributed by atoms with E-state index in [0.29, 0.717) is 5.76 Å². The Balaban J connectivity index is 0. The Hall–Kier alpha value is -1.58. The smallest absolute Gasteiger partial charge is 0.306 e. The van der Waals surface area contributed by atoms with Crippen molar-refractivity contribution in [2.45, 2.75) is 60.3 Å². The minimum absolute atomic E-state index is 0. The van der Waals surface area contributed by atoms with E-state index < -0.39 is 5.92 Å². The molecule has 0 fully saturated rings. The average molecular weight is 629 g/mol. The Bertz CT molecular complexity index is 717. The maximum Gasteiger partial charge on any atom is 0.306 e. The predicted octanol–water partition coefficient (Wildman–Crippen LogP) is 5.04. The van der Waals surface area contributed by atoms with Gasteiger partial charge in [-0.3, -0.25) is 9.59 Å². The Morgan fingerprint density at radius 2 is 1.62 bits per heavy atom. The maximum atomic E-state index is 12.6. The van der Waals surface area contributed by atoms with Gasteiger partial charge < -0.3 is 14.2 Å². The van der Waals surface area contributed by atoms with Crippen molar-refractivity contribution in [2.24, 2.45) is 0 Å². The third-order valence-electron chi connectivity index (χ3n) is 4.14. The molecule has 1 heterocycles. The van der Waals surface area contributed by atoms with Gasteiger partial charge in [-0.05, 0) is 26.0 Å². The second-order valence-corrected chi connectivity index (χ2v) is 5.73. The third kappa shape index (κ3) is 9.18. The Morgan fingerprint density at radius 1 is 1.07 bits per heavy atom. The number of nitrogens with zero attached hydrogens (tertiary/aromatic N) is 2. The number of amides is 1. The number of hydrogen-bond acceptors (Lipinski definition) is 5. The molecular formula is C22H34N2O4U. The summed E-state index contributed by atoms with van der Waals surface area (Å²) < 4.78 is 10.1. The van der Waals surface area contributed by atoms with E-state index in [9.17, 15) is 9.59 Å². The van der Waals surface area contributed by atoms with Gasteiger partial charge in [-0.15, -0.1) is 0 Å². The van der Waals surface area contributed by atoms with Gasteiger partial charge >= 0.3 is 5.97 Å². The number of aryl methyl sites for hydroxylation is 1. The zero-order valence-corrected chi connectivity index (χ0v) is 23.1. The minimum atomic E-state index is -0.405. The van der Waals surface area contributed by atoms with Crippen LogP contribution in [0.25, 0.3) is 0 Å². The largest absolute Gasteiger partial charge is 0.469 e. The van der Waals surface area contributed by atoms with Gasteiger partial charge in [0.1, 0.15) is 5.76 Å². The minimum Gasteiger partial charge on any atom is -0.469 e. The Labute approximate surface area is 198 Å². The van der Waals surface area contributed by atoms with Crippen LogP contribution in [0.3, 0.4) is 0 Å². The van der Waals surface area contributed by atoms with Crippen molar-refractivity contribution in [3.63, 3.8) is 0 Å². The topological polar surface area (TPSA) is 72.6 Å². The van der Waals surface area contributed by atoms with Crippen LogP contribution in [0.5, 0.6) is 0 Å². The van der Waals surface area contributed by atoms with Crippen molar-refractivity contribution in [3.8, 4) is 0 Å². The summed E-state index contributed by atoms with van der Waals surface area (Å²) in [5.41, 5.74) is 2.41. The molecule has 1 aromatic heterocycles.